The maximum atomic E-state index is 12.3. The van der Waals surface area contributed by atoms with Crippen LogP contribution in [0.4, 0.5) is 0 Å². The van der Waals surface area contributed by atoms with Gasteiger partial charge in [0.05, 0.1) is 23.5 Å². The van der Waals surface area contributed by atoms with Crippen molar-refractivity contribution in [2.24, 2.45) is 5.92 Å². The number of sulfone groups is 1. The summed E-state index contributed by atoms with van der Waals surface area (Å²) in [6.45, 7) is 5.36. The highest BCUT2D eigenvalue weighted by Crippen LogP contribution is 2.21. The number of hydrogen-bond acceptors (Lipinski definition) is 5. The molecule has 116 valence electrons. The van der Waals surface area contributed by atoms with Gasteiger partial charge in [0.2, 0.25) is 5.91 Å². The summed E-state index contributed by atoms with van der Waals surface area (Å²) in [6.07, 6.45) is 0.895. The SMILES string of the molecule is CCC(O)CN1CCN(C(=O)C2CCS(=O)(=O)C2)CC1. The highest BCUT2D eigenvalue weighted by Gasteiger charge is 2.36. The zero-order valence-electron chi connectivity index (χ0n) is 12.0. The van der Waals surface area contributed by atoms with Crippen LogP contribution in [0.5, 0.6) is 0 Å². The zero-order valence-corrected chi connectivity index (χ0v) is 12.8. The zero-order chi connectivity index (χ0) is 14.8. The lowest BCUT2D eigenvalue weighted by Crippen LogP contribution is -2.51. The summed E-state index contributed by atoms with van der Waals surface area (Å²) in [7, 11) is -3.00. The molecular weight excluding hydrogens is 280 g/mol. The molecule has 1 N–H and O–H groups in total. The van der Waals surface area contributed by atoms with Crippen molar-refractivity contribution in [2.45, 2.75) is 25.9 Å². The third-order valence-electron chi connectivity index (χ3n) is 4.21. The van der Waals surface area contributed by atoms with Gasteiger partial charge in [0.25, 0.3) is 0 Å². The van der Waals surface area contributed by atoms with E-state index in [0.717, 1.165) is 19.5 Å². The molecule has 1 amide bonds. The molecule has 0 aromatic heterocycles. The van der Waals surface area contributed by atoms with Crippen molar-refractivity contribution < 1.29 is 18.3 Å². The second kappa shape index (κ2) is 6.41. The molecule has 6 nitrogen and oxygen atoms in total. The van der Waals surface area contributed by atoms with Crippen molar-refractivity contribution in [2.75, 3.05) is 44.2 Å². The van der Waals surface area contributed by atoms with E-state index in [1.54, 1.807) is 4.90 Å². The van der Waals surface area contributed by atoms with Crippen LogP contribution < -0.4 is 0 Å². The molecule has 20 heavy (non-hydrogen) atoms. The second-order valence-electron chi connectivity index (χ2n) is 5.79. The van der Waals surface area contributed by atoms with Crippen molar-refractivity contribution in [3.05, 3.63) is 0 Å². The molecule has 2 heterocycles. The summed E-state index contributed by atoms with van der Waals surface area (Å²) < 4.78 is 22.9. The monoisotopic (exact) mass is 304 g/mol. The first kappa shape index (κ1) is 15.7. The maximum Gasteiger partial charge on any atom is 0.226 e. The smallest absolute Gasteiger partial charge is 0.226 e. The van der Waals surface area contributed by atoms with E-state index in [2.05, 4.69) is 4.90 Å². The Balaban J connectivity index is 1.80. The number of carbonyl (C=O) groups excluding carboxylic acids is 1. The third kappa shape index (κ3) is 3.93. The Bertz CT molecular complexity index is 443. The van der Waals surface area contributed by atoms with Crippen LogP contribution in [0.2, 0.25) is 0 Å². The second-order valence-corrected chi connectivity index (χ2v) is 8.02. The molecule has 0 spiro atoms. The number of aliphatic hydroxyl groups is 1. The van der Waals surface area contributed by atoms with Crippen molar-refractivity contribution in [3.8, 4) is 0 Å². The molecular formula is C13H24N2O4S. The molecule has 0 saturated carbocycles. The number of amides is 1. The fraction of sp³-hybridized carbons (Fsp3) is 0.923. The number of piperazine rings is 1. The molecule has 2 rings (SSSR count). The van der Waals surface area contributed by atoms with E-state index in [1.165, 1.54) is 0 Å². The first-order valence-electron chi connectivity index (χ1n) is 7.31. The van der Waals surface area contributed by atoms with Gasteiger partial charge in [0.15, 0.2) is 9.84 Å². The largest absolute Gasteiger partial charge is 0.392 e. The molecule has 2 atom stereocenters. The van der Waals surface area contributed by atoms with Gasteiger partial charge in [-0.1, -0.05) is 6.92 Å². The Morgan fingerprint density at radius 1 is 1.30 bits per heavy atom. The molecule has 0 bridgehead atoms. The molecule has 0 aromatic carbocycles. The van der Waals surface area contributed by atoms with Gasteiger partial charge in [0, 0.05) is 32.7 Å². The van der Waals surface area contributed by atoms with Gasteiger partial charge < -0.3 is 10.0 Å². The Morgan fingerprint density at radius 3 is 2.45 bits per heavy atom. The van der Waals surface area contributed by atoms with Gasteiger partial charge >= 0.3 is 0 Å². The fourth-order valence-corrected chi connectivity index (χ4v) is 4.56. The fourth-order valence-electron chi connectivity index (χ4n) is 2.83. The molecule has 2 aliphatic rings. The Kier molecular flexibility index (Phi) is 5.04. The first-order valence-corrected chi connectivity index (χ1v) is 9.13. The third-order valence-corrected chi connectivity index (χ3v) is 5.97. The number of hydrogen-bond donors (Lipinski definition) is 1. The average molecular weight is 304 g/mol. The first-order chi connectivity index (χ1) is 9.41. The van der Waals surface area contributed by atoms with E-state index in [9.17, 15) is 18.3 Å². The van der Waals surface area contributed by atoms with Crippen molar-refractivity contribution in [1.82, 2.24) is 9.80 Å². The van der Waals surface area contributed by atoms with E-state index in [0.29, 0.717) is 26.1 Å². The van der Waals surface area contributed by atoms with Crippen LogP contribution in [0.1, 0.15) is 19.8 Å². The lowest BCUT2D eigenvalue weighted by Gasteiger charge is -2.36. The van der Waals surface area contributed by atoms with Gasteiger partial charge in [0.1, 0.15) is 0 Å². The lowest BCUT2D eigenvalue weighted by atomic mass is 10.1. The van der Waals surface area contributed by atoms with Crippen LogP contribution in [0.3, 0.4) is 0 Å². The Labute approximate surface area is 120 Å². The van der Waals surface area contributed by atoms with E-state index in [4.69, 9.17) is 0 Å². The van der Waals surface area contributed by atoms with Crippen LogP contribution in [0.25, 0.3) is 0 Å². The van der Waals surface area contributed by atoms with Gasteiger partial charge in [-0.25, -0.2) is 8.42 Å². The van der Waals surface area contributed by atoms with E-state index < -0.39 is 9.84 Å². The van der Waals surface area contributed by atoms with E-state index >= 15 is 0 Å². The molecule has 0 aromatic rings. The normalized spacial score (nSPS) is 28.5. The standard InChI is InChI=1S/C13H24N2O4S/c1-2-12(16)9-14-4-6-15(7-5-14)13(17)11-3-8-20(18,19)10-11/h11-12,16H,2-10H2,1H3. The predicted octanol–water partition coefficient (Wildman–Crippen LogP) is -0.664. The van der Waals surface area contributed by atoms with Gasteiger partial charge in [-0.05, 0) is 12.8 Å². The van der Waals surface area contributed by atoms with E-state index in [-0.39, 0.29) is 29.4 Å². The number of β-amino-alcohol motifs (C(OH)–C–C–N with tert-alkyl or cyclic N) is 1. The van der Waals surface area contributed by atoms with Crippen LogP contribution in [-0.2, 0) is 14.6 Å². The number of rotatable bonds is 4. The minimum Gasteiger partial charge on any atom is -0.392 e. The van der Waals surface area contributed by atoms with Crippen LogP contribution in [0.15, 0.2) is 0 Å². The topological polar surface area (TPSA) is 77.9 Å². The molecule has 2 unspecified atom stereocenters. The van der Waals surface area contributed by atoms with Crippen LogP contribution in [0, 0.1) is 5.92 Å². The highest BCUT2D eigenvalue weighted by molar-refractivity contribution is 7.91. The van der Waals surface area contributed by atoms with Gasteiger partial charge in [-0.15, -0.1) is 0 Å². The number of carbonyl (C=O) groups is 1. The lowest BCUT2D eigenvalue weighted by molar-refractivity contribution is -0.136. The van der Waals surface area contributed by atoms with Crippen molar-refractivity contribution >= 4 is 15.7 Å². The van der Waals surface area contributed by atoms with Crippen LogP contribution in [-0.4, -0.2) is 79.6 Å². The summed E-state index contributed by atoms with van der Waals surface area (Å²) in [5.41, 5.74) is 0. The Morgan fingerprint density at radius 2 is 1.95 bits per heavy atom. The van der Waals surface area contributed by atoms with Crippen molar-refractivity contribution in [1.29, 1.82) is 0 Å². The molecule has 0 radical (unpaired) electrons. The summed E-state index contributed by atoms with van der Waals surface area (Å²) in [5, 5.41) is 9.63. The summed E-state index contributed by atoms with van der Waals surface area (Å²) in [6, 6.07) is 0. The molecule has 0 aliphatic carbocycles. The van der Waals surface area contributed by atoms with Gasteiger partial charge in [-0.2, -0.15) is 0 Å². The Hall–Kier alpha value is -0.660. The molecule has 7 heteroatoms. The summed E-state index contributed by atoms with van der Waals surface area (Å²) >= 11 is 0. The minimum absolute atomic E-state index is 0.0123. The summed E-state index contributed by atoms with van der Waals surface area (Å²) in [4.78, 5) is 16.2. The molecule has 2 saturated heterocycles. The average Bonchev–Trinajstić information content (AvgIpc) is 2.79. The van der Waals surface area contributed by atoms with Crippen LogP contribution >= 0.6 is 0 Å². The number of nitrogens with zero attached hydrogens (tertiary/aromatic N) is 2. The molecule has 2 fully saturated rings. The summed E-state index contributed by atoms with van der Waals surface area (Å²) in [5.74, 6) is -0.193. The minimum atomic E-state index is -3.00. The van der Waals surface area contributed by atoms with E-state index in [1.807, 2.05) is 6.92 Å². The highest BCUT2D eigenvalue weighted by atomic mass is 32.2. The number of aliphatic hydroxyl groups excluding tert-OH is 1. The predicted molar refractivity (Wildman–Crippen MR) is 76.1 cm³/mol. The quantitative estimate of drug-likeness (QED) is 0.746. The maximum absolute atomic E-state index is 12.3. The van der Waals surface area contributed by atoms with Gasteiger partial charge in [-0.3, -0.25) is 9.69 Å². The van der Waals surface area contributed by atoms with Crippen molar-refractivity contribution in [3.63, 3.8) is 0 Å². The molecule has 2 aliphatic heterocycles.